The molecule has 1 aromatic carbocycles. The molecule has 0 bridgehead atoms. The zero-order valence-electron chi connectivity index (χ0n) is 7.54. The van der Waals surface area contributed by atoms with Crippen molar-refractivity contribution in [2.45, 2.75) is 0 Å². The van der Waals surface area contributed by atoms with Gasteiger partial charge in [0, 0.05) is 5.39 Å². The van der Waals surface area contributed by atoms with Gasteiger partial charge in [0.2, 0.25) is 0 Å². The van der Waals surface area contributed by atoms with Crippen LogP contribution < -0.4 is 5.73 Å². The molecule has 6 nitrogen and oxygen atoms in total. The average Bonchev–Trinajstić information content (AvgIpc) is 2.59. The summed E-state index contributed by atoms with van der Waals surface area (Å²) in [6.45, 7) is 0. The van der Waals surface area contributed by atoms with Crippen LogP contribution in [0.1, 0.15) is 10.4 Å². The van der Waals surface area contributed by atoms with Gasteiger partial charge in [-0.15, -0.1) is 0 Å². The van der Waals surface area contributed by atoms with E-state index in [-0.39, 0.29) is 5.56 Å². The van der Waals surface area contributed by atoms with Crippen molar-refractivity contribution in [1.82, 2.24) is 9.78 Å². The number of carbonyl (C=O) groups excluding carboxylic acids is 1. The lowest BCUT2D eigenvalue weighted by Crippen LogP contribution is -2.20. The molecule has 15 heavy (non-hydrogen) atoms. The number of aromatic nitrogens is 2. The molecule has 0 saturated carbocycles. The van der Waals surface area contributed by atoms with Crippen LogP contribution in [0.5, 0.6) is 0 Å². The van der Waals surface area contributed by atoms with Gasteiger partial charge in [-0.05, 0) is 12.1 Å². The van der Waals surface area contributed by atoms with Gasteiger partial charge in [-0.1, -0.05) is 6.07 Å². The molecular formula is C9H7N3O3. The Bertz CT molecular complexity index is 559. The number of nitrogens with zero attached hydrogens (tertiary/aromatic N) is 2. The van der Waals surface area contributed by atoms with Crippen molar-refractivity contribution in [3.8, 4) is 0 Å². The van der Waals surface area contributed by atoms with E-state index in [9.17, 15) is 9.59 Å². The molecule has 0 spiro atoms. The van der Waals surface area contributed by atoms with Crippen LogP contribution in [-0.4, -0.2) is 26.9 Å². The van der Waals surface area contributed by atoms with Gasteiger partial charge in [-0.3, -0.25) is 0 Å². The van der Waals surface area contributed by atoms with E-state index in [0.29, 0.717) is 10.9 Å². The lowest BCUT2D eigenvalue weighted by Gasteiger charge is -1.98. The fourth-order valence-corrected chi connectivity index (χ4v) is 1.33. The zero-order valence-corrected chi connectivity index (χ0v) is 7.54. The minimum Gasteiger partial charge on any atom is -0.478 e. The van der Waals surface area contributed by atoms with Crippen molar-refractivity contribution in [1.29, 1.82) is 0 Å². The Morgan fingerprint density at radius 1 is 1.40 bits per heavy atom. The van der Waals surface area contributed by atoms with Crippen molar-refractivity contribution >= 4 is 22.9 Å². The Morgan fingerprint density at radius 3 is 2.73 bits per heavy atom. The summed E-state index contributed by atoms with van der Waals surface area (Å²) >= 11 is 0. The second kappa shape index (κ2) is 3.09. The Hall–Kier alpha value is -2.37. The summed E-state index contributed by atoms with van der Waals surface area (Å²) in [6, 6.07) is 3.63. The third-order valence-electron chi connectivity index (χ3n) is 2.03. The van der Waals surface area contributed by atoms with E-state index in [0.717, 1.165) is 4.68 Å². The van der Waals surface area contributed by atoms with Crippen molar-refractivity contribution < 1.29 is 14.7 Å². The van der Waals surface area contributed by atoms with Gasteiger partial charge in [-0.25, -0.2) is 9.59 Å². The number of hydrogen-bond donors (Lipinski definition) is 2. The molecule has 3 N–H and O–H groups in total. The zero-order chi connectivity index (χ0) is 11.0. The first kappa shape index (κ1) is 9.20. The van der Waals surface area contributed by atoms with Crippen LogP contribution in [0.4, 0.5) is 4.79 Å². The van der Waals surface area contributed by atoms with E-state index >= 15 is 0 Å². The molecule has 1 amide bonds. The molecule has 0 aliphatic rings. The highest BCUT2D eigenvalue weighted by atomic mass is 16.4. The Kier molecular flexibility index (Phi) is 1.89. The van der Waals surface area contributed by atoms with Gasteiger partial charge in [0.05, 0.1) is 17.3 Å². The first-order valence-corrected chi connectivity index (χ1v) is 4.10. The number of carboxylic acids is 1. The summed E-state index contributed by atoms with van der Waals surface area (Å²) < 4.78 is 0.960. The molecule has 0 fully saturated rings. The van der Waals surface area contributed by atoms with Crippen LogP contribution >= 0.6 is 0 Å². The Morgan fingerprint density at radius 2 is 2.13 bits per heavy atom. The van der Waals surface area contributed by atoms with Gasteiger partial charge in [0.15, 0.2) is 0 Å². The van der Waals surface area contributed by atoms with E-state index in [2.05, 4.69) is 5.10 Å². The smallest absolute Gasteiger partial charge is 0.340 e. The number of benzene rings is 1. The highest BCUT2D eigenvalue weighted by Crippen LogP contribution is 2.15. The van der Waals surface area contributed by atoms with Gasteiger partial charge >= 0.3 is 12.0 Å². The number of carboxylic acid groups (broad SMARTS) is 1. The van der Waals surface area contributed by atoms with E-state index in [1.54, 1.807) is 6.07 Å². The lowest BCUT2D eigenvalue weighted by molar-refractivity contribution is 0.0697. The Balaban J connectivity index is 2.72. The summed E-state index contributed by atoms with van der Waals surface area (Å²) in [5.41, 5.74) is 5.54. The molecule has 76 valence electrons. The fraction of sp³-hybridized carbons (Fsp3) is 0. The van der Waals surface area contributed by atoms with Crippen molar-refractivity contribution in [3.63, 3.8) is 0 Å². The number of nitrogens with two attached hydrogens (primary N) is 1. The summed E-state index contributed by atoms with van der Waals surface area (Å²) in [6.07, 6.45) is 1.45. The molecule has 1 aromatic heterocycles. The normalized spacial score (nSPS) is 10.4. The molecular weight excluding hydrogens is 198 g/mol. The van der Waals surface area contributed by atoms with Gasteiger partial charge < -0.3 is 10.8 Å². The predicted molar refractivity (Wildman–Crippen MR) is 51.7 cm³/mol. The van der Waals surface area contributed by atoms with Crippen molar-refractivity contribution in [3.05, 3.63) is 30.0 Å². The number of carbonyl (C=O) groups is 2. The van der Waals surface area contributed by atoms with Gasteiger partial charge in [0.25, 0.3) is 0 Å². The number of fused-ring (bicyclic) bond motifs is 1. The van der Waals surface area contributed by atoms with Crippen molar-refractivity contribution in [2.75, 3.05) is 0 Å². The van der Waals surface area contributed by atoms with Crippen LogP contribution in [0.2, 0.25) is 0 Å². The third-order valence-corrected chi connectivity index (χ3v) is 2.03. The topological polar surface area (TPSA) is 98.2 Å². The van der Waals surface area contributed by atoms with Crippen LogP contribution in [0.25, 0.3) is 10.9 Å². The third kappa shape index (κ3) is 1.41. The molecule has 0 aliphatic carbocycles. The van der Waals surface area contributed by atoms with Crippen LogP contribution in [-0.2, 0) is 0 Å². The molecule has 0 atom stereocenters. The summed E-state index contributed by atoms with van der Waals surface area (Å²) in [5.74, 6) is -1.06. The maximum atomic E-state index is 10.9. The van der Waals surface area contributed by atoms with Crippen LogP contribution in [0, 0.1) is 0 Å². The van der Waals surface area contributed by atoms with E-state index in [1.807, 2.05) is 0 Å². The first-order chi connectivity index (χ1) is 7.09. The second-order valence-corrected chi connectivity index (χ2v) is 2.97. The van der Waals surface area contributed by atoms with Crippen LogP contribution in [0.15, 0.2) is 24.4 Å². The monoisotopic (exact) mass is 205 g/mol. The summed E-state index contributed by atoms with van der Waals surface area (Å²) in [5, 5.41) is 13.2. The fourth-order valence-electron chi connectivity index (χ4n) is 1.33. The van der Waals surface area contributed by atoms with Crippen molar-refractivity contribution in [2.24, 2.45) is 5.73 Å². The van der Waals surface area contributed by atoms with Gasteiger partial charge in [0.1, 0.15) is 0 Å². The molecule has 1 heterocycles. The molecule has 6 heteroatoms. The number of hydrogen-bond acceptors (Lipinski definition) is 3. The minimum atomic E-state index is -1.06. The van der Waals surface area contributed by atoms with E-state index in [1.165, 1.54) is 18.3 Å². The Labute approximate surface area is 83.9 Å². The SMILES string of the molecule is NC(=O)n1ncc2ccc(C(=O)O)cc21. The number of primary amides is 1. The van der Waals surface area contributed by atoms with E-state index < -0.39 is 12.0 Å². The molecule has 0 aliphatic heterocycles. The second-order valence-electron chi connectivity index (χ2n) is 2.97. The molecule has 0 unspecified atom stereocenters. The molecule has 0 saturated heterocycles. The average molecular weight is 205 g/mol. The lowest BCUT2D eigenvalue weighted by atomic mass is 10.2. The highest BCUT2D eigenvalue weighted by molar-refractivity contribution is 5.95. The minimum absolute atomic E-state index is 0.0884. The van der Waals surface area contributed by atoms with E-state index in [4.69, 9.17) is 10.8 Å². The summed E-state index contributed by atoms with van der Waals surface area (Å²) in [7, 11) is 0. The maximum absolute atomic E-state index is 10.9. The maximum Gasteiger partial charge on any atom is 0.340 e. The molecule has 2 aromatic rings. The number of aromatic carboxylic acids is 1. The first-order valence-electron chi connectivity index (χ1n) is 4.10. The molecule has 0 radical (unpaired) electrons. The number of amides is 1. The molecule has 2 rings (SSSR count). The predicted octanol–water partition coefficient (Wildman–Crippen LogP) is 0.661. The standard InChI is InChI=1S/C9H7N3O3/c10-9(15)12-7-3-5(8(13)14)1-2-6(7)4-11-12/h1-4H,(H2,10,15)(H,13,14). The van der Waals surface area contributed by atoms with Gasteiger partial charge in [-0.2, -0.15) is 9.78 Å². The highest BCUT2D eigenvalue weighted by Gasteiger charge is 2.10. The number of rotatable bonds is 1. The largest absolute Gasteiger partial charge is 0.478 e. The van der Waals surface area contributed by atoms with Crippen LogP contribution in [0.3, 0.4) is 0 Å². The summed E-state index contributed by atoms with van der Waals surface area (Å²) in [4.78, 5) is 21.6. The quantitative estimate of drug-likeness (QED) is 0.714.